The molecule has 2 amide bonds. The van der Waals surface area contributed by atoms with Gasteiger partial charge in [-0.3, -0.25) is 14.5 Å². The molecule has 31 heavy (non-hydrogen) atoms. The van der Waals surface area contributed by atoms with Crippen LogP contribution in [0.2, 0.25) is 0 Å². The fourth-order valence-electron chi connectivity index (χ4n) is 4.08. The van der Waals surface area contributed by atoms with Crippen LogP contribution in [0.5, 0.6) is 0 Å². The Morgan fingerprint density at radius 2 is 1.84 bits per heavy atom. The summed E-state index contributed by atoms with van der Waals surface area (Å²) < 4.78 is 0. The average Bonchev–Trinajstić information content (AvgIpc) is 3.30. The normalized spacial score (nSPS) is 14.5. The summed E-state index contributed by atoms with van der Waals surface area (Å²) in [6, 6.07) is 18.4. The van der Waals surface area contributed by atoms with E-state index in [4.69, 9.17) is 0 Å². The molecule has 6 heteroatoms. The third-order valence-corrected chi connectivity index (χ3v) is 6.74. The van der Waals surface area contributed by atoms with Crippen LogP contribution in [0, 0.1) is 13.8 Å². The molecule has 160 valence electrons. The van der Waals surface area contributed by atoms with Crippen molar-refractivity contribution in [2.75, 3.05) is 18.4 Å². The van der Waals surface area contributed by atoms with Crippen LogP contribution in [0.3, 0.4) is 0 Å². The maximum atomic E-state index is 12.5. The van der Waals surface area contributed by atoms with Crippen molar-refractivity contribution >= 4 is 28.8 Å². The number of hydrogen-bond donors (Lipinski definition) is 2. The van der Waals surface area contributed by atoms with Crippen molar-refractivity contribution in [3.8, 4) is 0 Å². The summed E-state index contributed by atoms with van der Waals surface area (Å²) in [5.41, 5.74) is 5.43. The molecule has 2 N–H and O–H groups in total. The van der Waals surface area contributed by atoms with Crippen molar-refractivity contribution in [2.24, 2.45) is 0 Å². The number of thiophene rings is 1. The smallest absolute Gasteiger partial charge is 0.313 e. The highest BCUT2D eigenvalue weighted by Crippen LogP contribution is 2.30. The van der Waals surface area contributed by atoms with Gasteiger partial charge in [0.1, 0.15) is 0 Å². The van der Waals surface area contributed by atoms with Gasteiger partial charge in [0.25, 0.3) is 0 Å². The third kappa shape index (κ3) is 5.03. The number of amides is 2. The van der Waals surface area contributed by atoms with Gasteiger partial charge in [0.05, 0.1) is 6.04 Å². The van der Waals surface area contributed by atoms with Gasteiger partial charge in [-0.2, -0.15) is 0 Å². The first-order valence-corrected chi connectivity index (χ1v) is 11.4. The Bertz CT molecular complexity index is 1080. The van der Waals surface area contributed by atoms with E-state index in [0.29, 0.717) is 12.2 Å². The molecule has 3 aromatic rings. The Hall–Kier alpha value is -2.96. The molecule has 1 aromatic heterocycles. The van der Waals surface area contributed by atoms with Crippen LogP contribution in [-0.2, 0) is 22.6 Å². The first-order chi connectivity index (χ1) is 15.0. The minimum absolute atomic E-state index is 0.0335. The monoisotopic (exact) mass is 433 g/mol. The number of rotatable bonds is 5. The summed E-state index contributed by atoms with van der Waals surface area (Å²) in [5.74, 6) is -1.25. The minimum Gasteiger partial charge on any atom is -0.346 e. The summed E-state index contributed by atoms with van der Waals surface area (Å²) in [6.07, 6.45) is 0.985. The summed E-state index contributed by atoms with van der Waals surface area (Å²) in [6.45, 7) is 6.06. The molecule has 2 heterocycles. The molecular formula is C25H27N3O2S. The maximum Gasteiger partial charge on any atom is 0.313 e. The van der Waals surface area contributed by atoms with Gasteiger partial charge >= 0.3 is 11.8 Å². The number of hydrogen-bond acceptors (Lipinski definition) is 4. The molecule has 1 aliphatic rings. The Morgan fingerprint density at radius 1 is 1.03 bits per heavy atom. The van der Waals surface area contributed by atoms with Crippen molar-refractivity contribution in [3.63, 3.8) is 0 Å². The molecule has 0 spiro atoms. The molecular weight excluding hydrogens is 406 g/mol. The second-order valence-corrected chi connectivity index (χ2v) is 8.98. The van der Waals surface area contributed by atoms with Gasteiger partial charge in [-0.25, -0.2) is 0 Å². The largest absolute Gasteiger partial charge is 0.346 e. The number of fused-ring (bicyclic) bond motifs is 1. The molecule has 2 aromatic carbocycles. The molecule has 0 unspecified atom stereocenters. The lowest BCUT2D eigenvalue weighted by Crippen LogP contribution is -2.43. The predicted octanol–water partition coefficient (Wildman–Crippen LogP) is 4.22. The topological polar surface area (TPSA) is 61.4 Å². The standard InChI is InChI=1S/C25H27N3O2S/c1-17-9-10-21(18(2)14-17)27-25(30)24(29)26-15-22(23-8-5-13-31-23)28-12-11-19-6-3-4-7-20(19)16-28/h3-10,13-14,22H,11-12,15-16H2,1-2H3,(H,26,29)(H,27,30)/t22-/m1/s1. The predicted molar refractivity (Wildman–Crippen MR) is 125 cm³/mol. The Kier molecular flexibility index (Phi) is 6.49. The van der Waals surface area contributed by atoms with E-state index in [9.17, 15) is 9.59 Å². The van der Waals surface area contributed by atoms with Crippen LogP contribution in [0.15, 0.2) is 60.0 Å². The summed E-state index contributed by atoms with van der Waals surface area (Å²) in [5, 5.41) is 7.63. The van der Waals surface area contributed by atoms with Crippen LogP contribution < -0.4 is 10.6 Å². The van der Waals surface area contributed by atoms with E-state index in [1.165, 1.54) is 16.0 Å². The lowest BCUT2D eigenvalue weighted by Gasteiger charge is -2.35. The fourth-order valence-corrected chi connectivity index (χ4v) is 4.94. The van der Waals surface area contributed by atoms with Crippen molar-refractivity contribution in [1.29, 1.82) is 0 Å². The molecule has 0 aliphatic carbocycles. The van der Waals surface area contributed by atoms with Crippen molar-refractivity contribution < 1.29 is 9.59 Å². The Balaban J connectivity index is 1.42. The SMILES string of the molecule is Cc1ccc(NC(=O)C(=O)NC[C@H](c2cccs2)N2CCc3ccccc3C2)c(C)c1. The molecule has 0 saturated carbocycles. The molecule has 1 aliphatic heterocycles. The zero-order chi connectivity index (χ0) is 21.8. The number of carbonyl (C=O) groups is 2. The van der Waals surface area contributed by atoms with E-state index < -0.39 is 11.8 Å². The second kappa shape index (κ2) is 9.45. The molecule has 1 atom stereocenters. The van der Waals surface area contributed by atoms with Crippen molar-refractivity contribution in [2.45, 2.75) is 32.9 Å². The molecule has 4 rings (SSSR count). The average molecular weight is 434 g/mol. The lowest BCUT2D eigenvalue weighted by atomic mass is 9.98. The zero-order valence-electron chi connectivity index (χ0n) is 17.9. The highest BCUT2D eigenvalue weighted by Gasteiger charge is 2.27. The van der Waals surface area contributed by atoms with Crippen molar-refractivity contribution in [3.05, 3.63) is 87.1 Å². The van der Waals surface area contributed by atoms with Crippen LogP contribution >= 0.6 is 11.3 Å². The number of nitrogens with zero attached hydrogens (tertiary/aromatic N) is 1. The van der Waals surface area contributed by atoms with Crippen LogP contribution in [0.4, 0.5) is 5.69 Å². The Morgan fingerprint density at radius 3 is 2.58 bits per heavy atom. The van der Waals surface area contributed by atoms with E-state index in [2.05, 4.69) is 51.2 Å². The number of aryl methyl sites for hydroxylation is 2. The van der Waals surface area contributed by atoms with Gasteiger partial charge in [0.15, 0.2) is 0 Å². The Labute approximate surface area is 187 Å². The van der Waals surface area contributed by atoms with Gasteiger partial charge in [-0.05, 0) is 54.5 Å². The molecule has 0 saturated heterocycles. The van der Waals surface area contributed by atoms with E-state index >= 15 is 0 Å². The van der Waals surface area contributed by atoms with E-state index in [-0.39, 0.29) is 6.04 Å². The van der Waals surface area contributed by atoms with E-state index in [1.54, 1.807) is 11.3 Å². The fraction of sp³-hybridized carbons (Fsp3) is 0.280. The highest BCUT2D eigenvalue weighted by molar-refractivity contribution is 7.10. The highest BCUT2D eigenvalue weighted by atomic mass is 32.1. The third-order valence-electron chi connectivity index (χ3n) is 5.76. The quantitative estimate of drug-likeness (QED) is 0.593. The first kappa shape index (κ1) is 21.3. The molecule has 0 radical (unpaired) electrons. The van der Waals surface area contributed by atoms with E-state index in [1.807, 2.05) is 38.1 Å². The van der Waals surface area contributed by atoms with Gasteiger partial charge in [-0.1, -0.05) is 48.0 Å². The molecule has 0 bridgehead atoms. The second-order valence-electron chi connectivity index (χ2n) is 8.00. The number of anilines is 1. The molecule has 5 nitrogen and oxygen atoms in total. The first-order valence-electron chi connectivity index (χ1n) is 10.5. The van der Waals surface area contributed by atoms with Gasteiger partial charge in [0, 0.05) is 30.2 Å². The van der Waals surface area contributed by atoms with Crippen molar-refractivity contribution in [1.82, 2.24) is 10.2 Å². The minimum atomic E-state index is -0.638. The van der Waals surface area contributed by atoms with Gasteiger partial charge in [-0.15, -0.1) is 11.3 Å². The summed E-state index contributed by atoms with van der Waals surface area (Å²) >= 11 is 1.68. The maximum absolute atomic E-state index is 12.5. The number of carbonyl (C=O) groups excluding carboxylic acids is 2. The number of nitrogens with one attached hydrogen (secondary N) is 2. The molecule has 0 fully saturated rings. The van der Waals surface area contributed by atoms with Gasteiger partial charge < -0.3 is 10.6 Å². The number of benzene rings is 2. The van der Waals surface area contributed by atoms with Crippen LogP contribution in [0.1, 0.15) is 33.2 Å². The van der Waals surface area contributed by atoms with Crippen LogP contribution in [0.25, 0.3) is 0 Å². The summed E-state index contributed by atoms with van der Waals surface area (Å²) in [7, 11) is 0. The zero-order valence-corrected chi connectivity index (χ0v) is 18.7. The van der Waals surface area contributed by atoms with Gasteiger partial charge in [0.2, 0.25) is 0 Å². The van der Waals surface area contributed by atoms with Crippen LogP contribution in [-0.4, -0.2) is 29.8 Å². The summed E-state index contributed by atoms with van der Waals surface area (Å²) in [4.78, 5) is 28.6. The van der Waals surface area contributed by atoms with E-state index in [0.717, 1.165) is 30.6 Å². The lowest BCUT2D eigenvalue weighted by molar-refractivity contribution is -0.136.